The Bertz CT molecular complexity index is 642. The second kappa shape index (κ2) is 6.82. The lowest BCUT2D eigenvalue weighted by Crippen LogP contribution is -2.21. The molecule has 0 aliphatic carbocycles. The van der Waals surface area contributed by atoms with Crippen molar-refractivity contribution in [3.05, 3.63) is 56.6 Å². The fourth-order valence-electron chi connectivity index (χ4n) is 1.99. The Morgan fingerprint density at radius 1 is 1.52 bits per heavy atom. The number of nitro benzene ring substituents is 1. The van der Waals surface area contributed by atoms with E-state index in [9.17, 15) is 10.1 Å². The molecule has 0 aliphatic rings. The molecule has 0 saturated carbocycles. The van der Waals surface area contributed by atoms with Crippen LogP contribution in [0.15, 0.2) is 35.2 Å². The molecule has 1 aromatic carbocycles. The van der Waals surface area contributed by atoms with E-state index in [0.29, 0.717) is 6.54 Å². The van der Waals surface area contributed by atoms with Gasteiger partial charge in [0.1, 0.15) is 0 Å². The number of non-ortho nitro benzene ring substituents is 1. The Morgan fingerprint density at radius 3 is 2.90 bits per heavy atom. The first-order chi connectivity index (χ1) is 9.99. The Hall–Kier alpha value is -1.73. The van der Waals surface area contributed by atoms with Crippen LogP contribution in [0.3, 0.4) is 0 Å². The zero-order valence-electron chi connectivity index (χ0n) is 11.7. The molecule has 0 spiro atoms. The third-order valence-corrected chi connectivity index (χ3v) is 4.02. The Balaban J connectivity index is 2.10. The molecule has 0 saturated heterocycles. The van der Waals surface area contributed by atoms with Crippen LogP contribution in [0.4, 0.5) is 5.69 Å². The van der Waals surface area contributed by atoms with Crippen molar-refractivity contribution < 1.29 is 4.92 Å². The standard InChI is InChI=1S/C14H17BrN4O2/c1-2-11(16)5-12-8-18(9-17-12)7-10-3-4-13(19(20)21)6-14(10)15/h3-4,6,8-9,11H,2,5,7,16H2,1H3. The smallest absolute Gasteiger partial charge is 0.270 e. The summed E-state index contributed by atoms with van der Waals surface area (Å²) in [5.74, 6) is 0. The maximum Gasteiger partial charge on any atom is 0.270 e. The Kier molecular flexibility index (Phi) is 5.08. The quantitative estimate of drug-likeness (QED) is 0.639. The molecule has 1 aromatic heterocycles. The van der Waals surface area contributed by atoms with E-state index in [1.165, 1.54) is 12.1 Å². The van der Waals surface area contributed by atoms with E-state index >= 15 is 0 Å². The third kappa shape index (κ3) is 4.12. The average molecular weight is 353 g/mol. The van der Waals surface area contributed by atoms with Crippen LogP contribution >= 0.6 is 15.9 Å². The predicted molar refractivity (Wildman–Crippen MR) is 84.1 cm³/mol. The zero-order valence-corrected chi connectivity index (χ0v) is 13.3. The van der Waals surface area contributed by atoms with E-state index < -0.39 is 4.92 Å². The van der Waals surface area contributed by atoms with Crippen molar-refractivity contribution in [2.24, 2.45) is 5.73 Å². The molecule has 112 valence electrons. The number of hydrogen-bond acceptors (Lipinski definition) is 4. The van der Waals surface area contributed by atoms with Crippen molar-refractivity contribution in [2.75, 3.05) is 0 Å². The molecule has 2 rings (SSSR count). The summed E-state index contributed by atoms with van der Waals surface area (Å²) in [6, 6.07) is 4.89. The number of nitrogens with two attached hydrogens (primary N) is 1. The van der Waals surface area contributed by atoms with Crippen LogP contribution in [-0.2, 0) is 13.0 Å². The van der Waals surface area contributed by atoms with Gasteiger partial charge in [-0.05, 0) is 18.1 Å². The largest absolute Gasteiger partial charge is 0.333 e. The topological polar surface area (TPSA) is 87.0 Å². The van der Waals surface area contributed by atoms with Gasteiger partial charge in [0.05, 0.1) is 16.9 Å². The minimum Gasteiger partial charge on any atom is -0.333 e. The summed E-state index contributed by atoms with van der Waals surface area (Å²) in [5.41, 5.74) is 7.91. The molecule has 1 unspecified atom stereocenters. The molecule has 1 atom stereocenters. The van der Waals surface area contributed by atoms with Crippen LogP contribution in [-0.4, -0.2) is 20.5 Å². The molecule has 6 nitrogen and oxygen atoms in total. The van der Waals surface area contributed by atoms with Crippen molar-refractivity contribution in [1.29, 1.82) is 0 Å². The van der Waals surface area contributed by atoms with Gasteiger partial charge in [0.25, 0.3) is 5.69 Å². The second-order valence-corrected chi connectivity index (χ2v) is 5.80. The van der Waals surface area contributed by atoms with Crippen molar-refractivity contribution >= 4 is 21.6 Å². The number of hydrogen-bond donors (Lipinski definition) is 1. The average Bonchev–Trinajstić information content (AvgIpc) is 2.88. The first-order valence-electron chi connectivity index (χ1n) is 6.68. The molecule has 1 heterocycles. The van der Waals surface area contributed by atoms with Crippen molar-refractivity contribution in [3.8, 4) is 0 Å². The molecular weight excluding hydrogens is 336 g/mol. The summed E-state index contributed by atoms with van der Waals surface area (Å²) in [6.07, 6.45) is 5.39. The van der Waals surface area contributed by atoms with Crippen molar-refractivity contribution in [1.82, 2.24) is 9.55 Å². The normalized spacial score (nSPS) is 12.3. The van der Waals surface area contributed by atoms with Gasteiger partial charge in [-0.2, -0.15) is 0 Å². The second-order valence-electron chi connectivity index (χ2n) is 4.94. The van der Waals surface area contributed by atoms with Crippen LogP contribution in [0.2, 0.25) is 0 Å². The number of aromatic nitrogens is 2. The van der Waals surface area contributed by atoms with Gasteiger partial charge in [0, 0.05) is 41.8 Å². The molecule has 0 bridgehead atoms. The number of imidazole rings is 1. The van der Waals surface area contributed by atoms with Gasteiger partial charge >= 0.3 is 0 Å². The van der Waals surface area contributed by atoms with E-state index in [1.54, 1.807) is 12.4 Å². The van der Waals surface area contributed by atoms with Crippen LogP contribution < -0.4 is 5.73 Å². The van der Waals surface area contributed by atoms with Crippen LogP contribution in [0.5, 0.6) is 0 Å². The minimum absolute atomic E-state index is 0.0749. The van der Waals surface area contributed by atoms with E-state index in [2.05, 4.69) is 27.8 Å². The van der Waals surface area contributed by atoms with Gasteiger partial charge < -0.3 is 10.3 Å². The highest BCUT2D eigenvalue weighted by molar-refractivity contribution is 9.10. The number of benzene rings is 1. The Labute approximate surface area is 131 Å². The molecule has 2 aromatic rings. The molecule has 21 heavy (non-hydrogen) atoms. The lowest BCUT2D eigenvalue weighted by molar-refractivity contribution is -0.384. The summed E-state index contributed by atoms with van der Waals surface area (Å²) in [5, 5.41) is 10.7. The van der Waals surface area contributed by atoms with Gasteiger partial charge in [-0.1, -0.05) is 22.9 Å². The van der Waals surface area contributed by atoms with Crippen molar-refractivity contribution in [3.63, 3.8) is 0 Å². The van der Waals surface area contributed by atoms with E-state index in [1.807, 2.05) is 10.8 Å². The van der Waals surface area contributed by atoms with Gasteiger partial charge in [0.2, 0.25) is 0 Å². The maximum atomic E-state index is 10.7. The molecule has 2 N–H and O–H groups in total. The minimum atomic E-state index is -0.407. The van der Waals surface area contributed by atoms with E-state index in [4.69, 9.17) is 5.73 Å². The van der Waals surface area contributed by atoms with E-state index in [0.717, 1.165) is 28.6 Å². The zero-order chi connectivity index (χ0) is 15.4. The van der Waals surface area contributed by atoms with Crippen LogP contribution in [0, 0.1) is 10.1 Å². The number of halogens is 1. The first-order valence-corrected chi connectivity index (χ1v) is 7.48. The fraction of sp³-hybridized carbons (Fsp3) is 0.357. The highest BCUT2D eigenvalue weighted by Crippen LogP contribution is 2.23. The summed E-state index contributed by atoms with van der Waals surface area (Å²) >= 11 is 3.37. The number of nitrogens with zero attached hydrogens (tertiary/aromatic N) is 3. The lowest BCUT2D eigenvalue weighted by Gasteiger charge is -2.06. The molecular formula is C14H17BrN4O2. The lowest BCUT2D eigenvalue weighted by atomic mass is 10.1. The summed E-state index contributed by atoms with van der Waals surface area (Å²) in [4.78, 5) is 14.6. The van der Waals surface area contributed by atoms with Crippen LogP contribution in [0.1, 0.15) is 24.6 Å². The SMILES string of the molecule is CCC(N)Cc1cn(Cc2ccc([N+](=O)[O-])cc2Br)cn1. The highest BCUT2D eigenvalue weighted by Gasteiger charge is 2.10. The first kappa shape index (κ1) is 15.7. The van der Waals surface area contributed by atoms with E-state index in [-0.39, 0.29) is 11.7 Å². The monoisotopic (exact) mass is 352 g/mol. The maximum absolute atomic E-state index is 10.7. The predicted octanol–water partition coefficient (Wildman–Crippen LogP) is 2.88. The molecule has 0 amide bonds. The van der Waals surface area contributed by atoms with Gasteiger partial charge in [0.15, 0.2) is 0 Å². The fourth-order valence-corrected chi connectivity index (χ4v) is 2.48. The summed E-state index contributed by atoms with van der Waals surface area (Å²) < 4.78 is 2.67. The molecule has 7 heteroatoms. The molecule has 0 fully saturated rings. The van der Waals surface area contributed by atoms with Gasteiger partial charge in [-0.25, -0.2) is 4.98 Å². The molecule has 0 aliphatic heterocycles. The third-order valence-electron chi connectivity index (χ3n) is 3.28. The summed E-state index contributed by atoms with van der Waals surface area (Å²) in [7, 11) is 0. The number of nitro groups is 1. The summed E-state index contributed by atoms with van der Waals surface area (Å²) in [6.45, 7) is 2.66. The van der Waals surface area contributed by atoms with Gasteiger partial charge in [-0.3, -0.25) is 10.1 Å². The molecule has 0 radical (unpaired) electrons. The van der Waals surface area contributed by atoms with Gasteiger partial charge in [-0.15, -0.1) is 0 Å². The number of rotatable bonds is 6. The highest BCUT2D eigenvalue weighted by atomic mass is 79.9. The Morgan fingerprint density at radius 2 is 2.29 bits per heavy atom. The van der Waals surface area contributed by atoms with Crippen molar-refractivity contribution in [2.45, 2.75) is 32.4 Å². The van der Waals surface area contributed by atoms with Crippen LogP contribution in [0.25, 0.3) is 0 Å².